The molecule has 1 saturated heterocycles. The Morgan fingerprint density at radius 1 is 1.35 bits per heavy atom. The van der Waals surface area contributed by atoms with Gasteiger partial charge in [-0.3, -0.25) is 4.68 Å². The summed E-state index contributed by atoms with van der Waals surface area (Å²) in [6.45, 7) is 3.07. The minimum absolute atomic E-state index is 0.191. The van der Waals surface area contributed by atoms with Crippen molar-refractivity contribution in [2.75, 3.05) is 19.7 Å². The summed E-state index contributed by atoms with van der Waals surface area (Å²) in [5.74, 6) is 0.593. The number of fused-ring (bicyclic) bond motifs is 1. The monoisotopic (exact) mass is 235 g/mol. The molecule has 4 heteroatoms. The largest absolute Gasteiger partial charge is 0.394 e. The molecule has 1 aromatic rings. The highest BCUT2D eigenvalue weighted by molar-refractivity contribution is 5.33. The quantitative estimate of drug-likeness (QED) is 0.816. The van der Waals surface area contributed by atoms with E-state index in [0.29, 0.717) is 12.5 Å². The molecule has 1 fully saturated rings. The van der Waals surface area contributed by atoms with E-state index in [1.165, 1.54) is 42.6 Å². The maximum absolute atomic E-state index is 9.10. The molecule has 17 heavy (non-hydrogen) atoms. The second-order valence-electron chi connectivity index (χ2n) is 5.15. The van der Waals surface area contributed by atoms with E-state index in [0.717, 1.165) is 19.5 Å². The van der Waals surface area contributed by atoms with Crippen LogP contribution in [0.3, 0.4) is 0 Å². The number of aromatic nitrogens is 2. The predicted molar refractivity (Wildman–Crippen MR) is 66.2 cm³/mol. The molecule has 3 rings (SSSR count). The minimum atomic E-state index is 0.191. The lowest BCUT2D eigenvalue weighted by atomic mass is 9.93. The van der Waals surface area contributed by atoms with Gasteiger partial charge < -0.3 is 10.4 Å². The maximum Gasteiger partial charge on any atom is 0.0703 e. The van der Waals surface area contributed by atoms with Crippen molar-refractivity contribution in [2.45, 2.75) is 44.6 Å². The number of rotatable bonds is 3. The van der Waals surface area contributed by atoms with Gasteiger partial charge in [0.05, 0.1) is 18.8 Å². The Morgan fingerprint density at radius 2 is 2.29 bits per heavy atom. The van der Waals surface area contributed by atoms with Crippen LogP contribution in [0.1, 0.15) is 42.1 Å². The predicted octanol–water partition coefficient (Wildman–Crippen LogP) is 0.831. The van der Waals surface area contributed by atoms with Gasteiger partial charge in [0, 0.05) is 18.2 Å². The summed E-state index contributed by atoms with van der Waals surface area (Å²) in [5, 5.41) is 17.3. The van der Waals surface area contributed by atoms with Crippen molar-refractivity contribution in [2.24, 2.45) is 0 Å². The van der Waals surface area contributed by atoms with Crippen molar-refractivity contribution in [3.63, 3.8) is 0 Å². The molecule has 1 aliphatic carbocycles. The highest BCUT2D eigenvalue weighted by atomic mass is 16.3. The van der Waals surface area contributed by atoms with Crippen molar-refractivity contribution < 1.29 is 5.11 Å². The number of hydrogen-bond donors (Lipinski definition) is 2. The topological polar surface area (TPSA) is 50.1 Å². The van der Waals surface area contributed by atoms with Crippen LogP contribution in [0.5, 0.6) is 0 Å². The first-order chi connectivity index (χ1) is 8.40. The van der Waals surface area contributed by atoms with Crippen LogP contribution in [0.15, 0.2) is 0 Å². The summed E-state index contributed by atoms with van der Waals surface area (Å²) in [6, 6.07) is 0. The zero-order valence-corrected chi connectivity index (χ0v) is 10.3. The molecule has 1 aromatic heterocycles. The van der Waals surface area contributed by atoms with Crippen LogP contribution in [0.25, 0.3) is 0 Å². The number of nitrogens with zero attached hydrogens (tertiary/aromatic N) is 2. The van der Waals surface area contributed by atoms with E-state index in [9.17, 15) is 0 Å². The molecule has 0 spiro atoms. The molecular formula is C13H21N3O. The molecule has 4 nitrogen and oxygen atoms in total. The molecule has 1 aliphatic heterocycles. The molecular weight excluding hydrogens is 214 g/mol. The zero-order valence-electron chi connectivity index (χ0n) is 10.3. The molecule has 0 bridgehead atoms. The Morgan fingerprint density at radius 3 is 3.06 bits per heavy atom. The van der Waals surface area contributed by atoms with Gasteiger partial charge in [0.15, 0.2) is 0 Å². The molecule has 94 valence electrons. The molecule has 2 aliphatic rings. The summed E-state index contributed by atoms with van der Waals surface area (Å²) < 4.78 is 2.05. The fourth-order valence-electron chi connectivity index (χ4n) is 3.23. The van der Waals surface area contributed by atoms with E-state index in [4.69, 9.17) is 10.2 Å². The lowest BCUT2D eigenvalue weighted by Gasteiger charge is -2.21. The van der Waals surface area contributed by atoms with Crippen molar-refractivity contribution in [3.05, 3.63) is 17.0 Å². The summed E-state index contributed by atoms with van der Waals surface area (Å²) in [5.41, 5.74) is 4.20. The van der Waals surface area contributed by atoms with Crippen LogP contribution in [0, 0.1) is 0 Å². The molecule has 1 atom stereocenters. The average Bonchev–Trinajstić information content (AvgIpc) is 2.94. The van der Waals surface area contributed by atoms with Crippen LogP contribution in [0.2, 0.25) is 0 Å². The number of hydrogen-bond acceptors (Lipinski definition) is 3. The Balaban J connectivity index is 1.90. The van der Waals surface area contributed by atoms with E-state index in [2.05, 4.69) is 5.32 Å². The first kappa shape index (κ1) is 11.2. The lowest BCUT2D eigenvalue weighted by Crippen LogP contribution is -2.29. The Labute approximate surface area is 102 Å². The van der Waals surface area contributed by atoms with Crippen LogP contribution in [0.4, 0.5) is 0 Å². The first-order valence-electron chi connectivity index (χ1n) is 6.80. The van der Waals surface area contributed by atoms with E-state index in [1.807, 2.05) is 4.68 Å². The van der Waals surface area contributed by atoms with Gasteiger partial charge in [-0.15, -0.1) is 0 Å². The van der Waals surface area contributed by atoms with Gasteiger partial charge in [0.1, 0.15) is 0 Å². The van der Waals surface area contributed by atoms with E-state index < -0.39 is 0 Å². The molecule has 0 unspecified atom stereocenters. The van der Waals surface area contributed by atoms with Crippen LogP contribution in [-0.4, -0.2) is 34.6 Å². The highest BCUT2D eigenvalue weighted by Gasteiger charge is 2.27. The normalized spacial score (nSPS) is 23.9. The molecule has 0 radical (unpaired) electrons. The van der Waals surface area contributed by atoms with Crippen LogP contribution >= 0.6 is 0 Å². The van der Waals surface area contributed by atoms with Gasteiger partial charge in [-0.25, -0.2) is 0 Å². The third-order valence-electron chi connectivity index (χ3n) is 4.03. The van der Waals surface area contributed by atoms with Gasteiger partial charge in [0.25, 0.3) is 0 Å². The lowest BCUT2D eigenvalue weighted by molar-refractivity contribution is 0.266. The van der Waals surface area contributed by atoms with E-state index in [1.54, 1.807) is 0 Å². The van der Waals surface area contributed by atoms with Crippen LogP contribution in [-0.2, 0) is 19.4 Å². The summed E-state index contributed by atoms with van der Waals surface area (Å²) in [6.07, 6.45) is 6.10. The number of aliphatic hydroxyl groups excluding tert-OH is 1. The zero-order chi connectivity index (χ0) is 11.7. The minimum Gasteiger partial charge on any atom is -0.394 e. The molecule has 0 saturated carbocycles. The van der Waals surface area contributed by atoms with E-state index in [-0.39, 0.29) is 6.61 Å². The number of piperidine rings is 1. The molecule has 0 amide bonds. The van der Waals surface area contributed by atoms with Crippen molar-refractivity contribution in [3.8, 4) is 0 Å². The van der Waals surface area contributed by atoms with Gasteiger partial charge in [0.2, 0.25) is 0 Å². The Kier molecular flexibility index (Phi) is 3.16. The Hall–Kier alpha value is -0.870. The number of nitrogens with one attached hydrogen (secondary N) is 1. The van der Waals surface area contributed by atoms with Gasteiger partial charge in [-0.05, 0) is 44.2 Å². The van der Waals surface area contributed by atoms with Gasteiger partial charge in [-0.2, -0.15) is 5.10 Å². The Bertz CT molecular complexity index is 394. The van der Waals surface area contributed by atoms with Crippen molar-refractivity contribution in [1.29, 1.82) is 0 Å². The standard InChI is InChI=1S/C13H21N3O/c17-8-7-16-12-5-1-4-11(12)13(15-16)10-3-2-6-14-9-10/h10,14,17H,1-9H2/t10-/m1/s1. The summed E-state index contributed by atoms with van der Waals surface area (Å²) >= 11 is 0. The molecule has 2 heterocycles. The number of aliphatic hydroxyl groups is 1. The fourth-order valence-corrected chi connectivity index (χ4v) is 3.23. The van der Waals surface area contributed by atoms with Crippen molar-refractivity contribution >= 4 is 0 Å². The second kappa shape index (κ2) is 4.78. The maximum atomic E-state index is 9.10. The fraction of sp³-hybridized carbons (Fsp3) is 0.769. The van der Waals surface area contributed by atoms with Crippen molar-refractivity contribution in [1.82, 2.24) is 15.1 Å². The molecule has 0 aromatic carbocycles. The van der Waals surface area contributed by atoms with Gasteiger partial charge >= 0.3 is 0 Å². The smallest absolute Gasteiger partial charge is 0.0703 e. The van der Waals surface area contributed by atoms with E-state index >= 15 is 0 Å². The van der Waals surface area contributed by atoms with Gasteiger partial charge in [-0.1, -0.05) is 0 Å². The average molecular weight is 235 g/mol. The SMILES string of the molecule is OCCn1nc([C@@H]2CCCNC2)c2c1CCC2. The molecule has 2 N–H and O–H groups in total. The summed E-state index contributed by atoms with van der Waals surface area (Å²) in [7, 11) is 0. The highest BCUT2D eigenvalue weighted by Crippen LogP contribution is 2.32. The third kappa shape index (κ3) is 2.00. The third-order valence-corrected chi connectivity index (χ3v) is 4.03. The first-order valence-corrected chi connectivity index (χ1v) is 6.80. The second-order valence-corrected chi connectivity index (χ2v) is 5.15. The summed E-state index contributed by atoms with van der Waals surface area (Å²) in [4.78, 5) is 0. The van der Waals surface area contributed by atoms with Crippen LogP contribution < -0.4 is 5.32 Å².